The first-order valence-electron chi connectivity index (χ1n) is 7.96. The molecule has 1 fully saturated rings. The van der Waals surface area contributed by atoms with Crippen molar-refractivity contribution in [2.75, 3.05) is 18.4 Å². The van der Waals surface area contributed by atoms with Crippen LogP contribution in [0, 0.1) is 0 Å². The minimum Gasteiger partial charge on any atom is -0.328 e. The molecule has 0 unspecified atom stereocenters. The van der Waals surface area contributed by atoms with Crippen molar-refractivity contribution in [1.82, 2.24) is 14.9 Å². The van der Waals surface area contributed by atoms with Crippen molar-refractivity contribution >= 4 is 45.3 Å². The Labute approximate surface area is 166 Å². The molecule has 1 aliphatic heterocycles. The van der Waals surface area contributed by atoms with Crippen molar-refractivity contribution in [3.05, 3.63) is 51.2 Å². The maximum atomic E-state index is 14.2. The molecule has 140 valence electrons. The van der Waals surface area contributed by atoms with Gasteiger partial charge in [-0.1, -0.05) is 27.5 Å². The third-order valence-electron chi connectivity index (χ3n) is 4.78. The van der Waals surface area contributed by atoms with E-state index >= 15 is 0 Å². The van der Waals surface area contributed by atoms with Crippen LogP contribution in [0.1, 0.15) is 22.3 Å². The van der Waals surface area contributed by atoms with Gasteiger partial charge in [0.2, 0.25) is 11.9 Å². The van der Waals surface area contributed by atoms with Crippen LogP contribution in [0.5, 0.6) is 0 Å². The van der Waals surface area contributed by atoms with Crippen molar-refractivity contribution in [3.63, 3.8) is 0 Å². The van der Waals surface area contributed by atoms with Gasteiger partial charge in [0.1, 0.15) is 6.54 Å². The van der Waals surface area contributed by atoms with E-state index in [1.165, 1.54) is 18.5 Å². The number of hydrogen-bond acceptors (Lipinski definition) is 4. The fraction of sp³-hybridized carbons (Fsp3) is 0.294. The lowest BCUT2D eigenvalue weighted by atomic mass is 9.86. The van der Waals surface area contributed by atoms with Gasteiger partial charge in [0.05, 0.1) is 22.8 Å². The molecule has 2 amide bonds. The molecule has 2 heterocycles. The highest BCUT2D eigenvalue weighted by Gasteiger charge is 2.74. The Morgan fingerprint density at radius 2 is 2.00 bits per heavy atom. The summed E-state index contributed by atoms with van der Waals surface area (Å²) in [6.07, 6.45) is 2.27. The summed E-state index contributed by atoms with van der Waals surface area (Å²) in [6, 6.07) is 4.69. The quantitative estimate of drug-likeness (QED) is 0.768. The third-order valence-corrected chi connectivity index (χ3v) is 5.47. The second kappa shape index (κ2) is 6.20. The number of carbonyl (C=O) groups excluding carboxylic acids is 2. The van der Waals surface area contributed by atoms with Crippen LogP contribution >= 0.6 is 27.5 Å². The van der Waals surface area contributed by atoms with Crippen LogP contribution in [0.4, 0.5) is 14.7 Å². The summed E-state index contributed by atoms with van der Waals surface area (Å²) in [7, 11) is 0. The molecular formula is C17H12BrClF2N4O2. The number of hydrogen-bond donors (Lipinski definition) is 1. The summed E-state index contributed by atoms with van der Waals surface area (Å²) in [5, 5.41) is 2.74. The van der Waals surface area contributed by atoms with Gasteiger partial charge in [-0.2, -0.15) is 0 Å². The van der Waals surface area contributed by atoms with E-state index in [1.54, 1.807) is 12.1 Å². The molecule has 1 aliphatic carbocycles. The van der Waals surface area contributed by atoms with Gasteiger partial charge in [-0.05, 0) is 23.8 Å². The number of carbonyl (C=O) groups is 2. The average molecular weight is 458 g/mol. The summed E-state index contributed by atoms with van der Waals surface area (Å²) in [5.74, 6) is -3.94. The van der Waals surface area contributed by atoms with Crippen LogP contribution in [-0.4, -0.2) is 45.7 Å². The lowest BCUT2D eigenvalue weighted by Crippen LogP contribution is -2.48. The fourth-order valence-electron chi connectivity index (χ4n) is 3.39. The molecule has 1 aromatic carbocycles. The van der Waals surface area contributed by atoms with Crippen molar-refractivity contribution < 1.29 is 18.4 Å². The first-order valence-corrected chi connectivity index (χ1v) is 9.13. The van der Waals surface area contributed by atoms with Crippen LogP contribution in [0.15, 0.2) is 35.1 Å². The first kappa shape index (κ1) is 18.2. The number of benzene rings is 1. The lowest BCUT2D eigenvalue weighted by Gasteiger charge is -2.34. The monoisotopic (exact) mass is 456 g/mol. The van der Waals surface area contributed by atoms with Gasteiger partial charge in [0.15, 0.2) is 0 Å². The number of amides is 2. The van der Waals surface area contributed by atoms with Crippen molar-refractivity contribution in [1.29, 1.82) is 0 Å². The first-order chi connectivity index (χ1) is 12.7. The molecule has 1 atom stereocenters. The molecule has 1 aromatic heterocycles. The predicted molar refractivity (Wildman–Crippen MR) is 97.0 cm³/mol. The van der Waals surface area contributed by atoms with Crippen molar-refractivity contribution in [2.45, 2.75) is 17.8 Å². The van der Waals surface area contributed by atoms with Crippen LogP contribution in [0.25, 0.3) is 0 Å². The molecule has 0 saturated heterocycles. The average Bonchev–Trinajstić information content (AvgIpc) is 3.16. The van der Waals surface area contributed by atoms with Gasteiger partial charge in [0, 0.05) is 23.0 Å². The van der Waals surface area contributed by atoms with Gasteiger partial charge in [-0.3, -0.25) is 14.9 Å². The topological polar surface area (TPSA) is 75.2 Å². The number of rotatable bonds is 3. The Balaban J connectivity index is 1.57. The molecule has 2 aromatic rings. The molecule has 1 spiro atoms. The van der Waals surface area contributed by atoms with E-state index in [0.29, 0.717) is 15.1 Å². The van der Waals surface area contributed by atoms with E-state index in [-0.39, 0.29) is 31.0 Å². The zero-order valence-corrected chi connectivity index (χ0v) is 16.0. The van der Waals surface area contributed by atoms with E-state index < -0.39 is 23.2 Å². The van der Waals surface area contributed by atoms with Crippen molar-refractivity contribution in [3.8, 4) is 0 Å². The zero-order valence-electron chi connectivity index (χ0n) is 13.7. The summed E-state index contributed by atoms with van der Waals surface area (Å²) in [4.78, 5) is 33.8. The minimum atomic E-state index is -2.92. The molecule has 27 heavy (non-hydrogen) atoms. The molecule has 10 heteroatoms. The largest absolute Gasteiger partial charge is 0.328 e. The number of aromatic nitrogens is 2. The molecular weight excluding hydrogens is 446 g/mol. The Hall–Kier alpha value is -2.13. The number of fused-ring (bicyclic) bond motifs is 2. The maximum Gasteiger partial charge on any atom is 0.260 e. The molecule has 4 rings (SSSR count). The smallest absolute Gasteiger partial charge is 0.260 e. The highest BCUT2D eigenvalue weighted by atomic mass is 79.9. The molecule has 0 radical (unpaired) electrons. The van der Waals surface area contributed by atoms with Gasteiger partial charge >= 0.3 is 0 Å². The standard InChI is InChI=1S/C17H12BrClF2N4O2/c18-9-1-2-11-12(3-9)16(7-17(16,20)21)8-25(14(11)27)6-13(26)24-15-22-4-10(19)5-23-15/h1-5H,6-8H2,(H,22,23,24,26)/t16-/m0/s1. The molecule has 6 nitrogen and oxygen atoms in total. The molecule has 2 aliphatic rings. The van der Waals surface area contributed by atoms with E-state index in [4.69, 9.17) is 11.6 Å². The summed E-state index contributed by atoms with van der Waals surface area (Å²) in [5.41, 5.74) is -0.932. The van der Waals surface area contributed by atoms with Crippen LogP contribution in [0.3, 0.4) is 0 Å². The van der Waals surface area contributed by atoms with Gasteiger partial charge in [0.25, 0.3) is 11.8 Å². The number of nitrogens with one attached hydrogen (secondary N) is 1. The van der Waals surface area contributed by atoms with E-state index in [1.807, 2.05) is 0 Å². The fourth-order valence-corrected chi connectivity index (χ4v) is 3.85. The normalized spacial score (nSPS) is 22.5. The van der Waals surface area contributed by atoms with Gasteiger partial charge in [-0.15, -0.1) is 0 Å². The number of alkyl halides is 2. The van der Waals surface area contributed by atoms with Gasteiger partial charge < -0.3 is 4.90 Å². The van der Waals surface area contributed by atoms with Gasteiger partial charge in [-0.25, -0.2) is 18.7 Å². The molecule has 1 N–H and O–H groups in total. The lowest BCUT2D eigenvalue weighted by molar-refractivity contribution is -0.117. The molecule has 0 bridgehead atoms. The number of nitrogens with zero attached hydrogens (tertiary/aromatic N) is 3. The Kier molecular flexibility index (Phi) is 4.19. The van der Waals surface area contributed by atoms with E-state index in [9.17, 15) is 18.4 Å². The van der Waals surface area contributed by atoms with E-state index in [2.05, 4.69) is 31.2 Å². The van der Waals surface area contributed by atoms with Crippen molar-refractivity contribution in [2.24, 2.45) is 0 Å². The van der Waals surface area contributed by atoms with Crippen LogP contribution < -0.4 is 5.32 Å². The van der Waals surface area contributed by atoms with E-state index in [0.717, 1.165) is 4.90 Å². The summed E-state index contributed by atoms with van der Waals surface area (Å²) in [6.45, 7) is -0.602. The number of anilines is 1. The second-order valence-electron chi connectivity index (χ2n) is 6.59. The Bertz CT molecular complexity index is 956. The summed E-state index contributed by atoms with van der Waals surface area (Å²) < 4.78 is 29.1. The second-order valence-corrected chi connectivity index (χ2v) is 7.94. The maximum absolute atomic E-state index is 14.2. The molecule has 1 saturated carbocycles. The zero-order chi connectivity index (χ0) is 19.4. The summed E-state index contributed by atoms with van der Waals surface area (Å²) >= 11 is 8.95. The minimum absolute atomic E-state index is 0.0182. The Morgan fingerprint density at radius 3 is 2.63 bits per heavy atom. The Morgan fingerprint density at radius 1 is 1.33 bits per heavy atom. The highest BCUT2D eigenvalue weighted by molar-refractivity contribution is 9.10. The third kappa shape index (κ3) is 3.08. The van der Waals surface area contributed by atoms with Crippen LogP contribution in [-0.2, 0) is 10.2 Å². The highest BCUT2D eigenvalue weighted by Crippen LogP contribution is 2.64. The van der Waals surface area contributed by atoms with Crippen LogP contribution in [0.2, 0.25) is 5.02 Å². The predicted octanol–water partition coefficient (Wildman–Crippen LogP) is 3.26. The number of halogens is 4. The SMILES string of the molecule is O=C(CN1C[C@@]2(CC2(F)F)c2cc(Br)ccc2C1=O)Nc1ncc(Cl)cn1.